The summed E-state index contributed by atoms with van der Waals surface area (Å²) in [4.78, 5) is 2.57. The van der Waals surface area contributed by atoms with E-state index in [2.05, 4.69) is 174 Å². The molecule has 4 aromatic rings. The quantitative estimate of drug-likeness (QED) is 0.159. The van der Waals surface area contributed by atoms with E-state index in [1.807, 2.05) is 0 Å². The predicted molar refractivity (Wildman–Crippen MR) is 207 cm³/mol. The Hall–Kier alpha value is -3.30. The van der Waals surface area contributed by atoms with E-state index in [4.69, 9.17) is 0 Å². The van der Waals surface area contributed by atoms with Crippen LogP contribution in [0.1, 0.15) is 84.9 Å². The highest BCUT2D eigenvalue weighted by molar-refractivity contribution is 9.10. The zero-order chi connectivity index (χ0) is 33.4. The topological polar surface area (TPSA) is 15.3 Å². The first-order chi connectivity index (χ1) is 21.7. The molecule has 0 unspecified atom stereocenters. The molecule has 242 valence electrons. The number of rotatable bonds is 11. The van der Waals surface area contributed by atoms with Gasteiger partial charge in [0.05, 0.1) is 0 Å². The maximum atomic E-state index is 4.68. The Bertz CT molecular complexity index is 1820. The van der Waals surface area contributed by atoms with E-state index in [1.165, 1.54) is 55.3 Å². The Morgan fingerprint density at radius 3 is 2.30 bits per heavy atom. The standard InChI is InChI=1S/C43H53BrN2/c1-28(2)22-24-45-37-20-15-32-26-30(5)14-18-35(32)40(37)42(7,8)31(6)12-11-13-39-43(9,10)41-36-19-17-34(44)27-33(36)16-21-38(41)46(39)25-23-29(3)4/h11-21,26-29,45H,6,22-25H2,1-5,7-10H3/b12-11+,39-13+. The van der Waals surface area contributed by atoms with Crippen LogP contribution in [0.4, 0.5) is 11.4 Å². The first kappa shape index (κ1) is 34.0. The number of benzene rings is 4. The predicted octanol–water partition coefficient (Wildman–Crippen LogP) is 12.6. The van der Waals surface area contributed by atoms with Gasteiger partial charge in [-0.05, 0) is 100 Å². The van der Waals surface area contributed by atoms with Gasteiger partial charge in [-0.2, -0.15) is 0 Å². The molecule has 0 bridgehead atoms. The van der Waals surface area contributed by atoms with Crippen LogP contribution in [0.3, 0.4) is 0 Å². The Morgan fingerprint density at radius 1 is 0.913 bits per heavy atom. The van der Waals surface area contributed by atoms with Gasteiger partial charge < -0.3 is 10.2 Å². The summed E-state index contributed by atoms with van der Waals surface area (Å²) in [6.07, 6.45) is 9.11. The van der Waals surface area contributed by atoms with Crippen LogP contribution in [0.5, 0.6) is 0 Å². The van der Waals surface area contributed by atoms with Crippen LogP contribution < -0.4 is 10.2 Å². The van der Waals surface area contributed by atoms with Crippen molar-refractivity contribution in [1.82, 2.24) is 0 Å². The van der Waals surface area contributed by atoms with E-state index in [9.17, 15) is 0 Å². The molecular formula is C43H53BrN2. The zero-order valence-corrected chi connectivity index (χ0v) is 31.1. The van der Waals surface area contributed by atoms with Gasteiger partial charge in [0.2, 0.25) is 0 Å². The molecule has 1 aliphatic heterocycles. The van der Waals surface area contributed by atoms with Gasteiger partial charge in [-0.25, -0.2) is 0 Å². The highest BCUT2D eigenvalue weighted by Gasteiger charge is 2.41. The molecule has 0 saturated heterocycles. The first-order valence-electron chi connectivity index (χ1n) is 17.1. The fraction of sp³-hybridized carbons (Fsp3) is 0.395. The van der Waals surface area contributed by atoms with Crippen LogP contribution in [0.2, 0.25) is 0 Å². The molecule has 1 aliphatic rings. The van der Waals surface area contributed by atoms with Gasteiger partial charge in [0.25, 0.3) is 0 Å². The molecule has 0 fully saturated rings. The van der Waals surface area contributed by atoms with Crippen molar-refractivity contribution in [2.75, 3.05) is 23.3 Å². The lowest BCUT2D eigenvalue weighted by Crippen LogP contribution is -2.27. The number of hydrogen-bond donors (Lipinski definition) is 1. The number of nitrogens with zero attached hydrogens (tertiary/aromatic N) is 1. The van der Waals surface area contributed by atoms with Crippen molar-refractivity contribution >= 4 is 48.8 Å². The molecule has 2 nitrogen and oxygen atoms in total. The molecule has 1 heterocycles. The van der Waals surface area contributed by atoms with Crippen LogP contribution in [0.25, 0.3) is 21.5 Å². The van der Waals surface area contributed by atoms with Crippen LogP contribution >= 0.6 is 15.9 Å². The Labute approximate surface area is 286 Å². The molecule has 0 atom stereocenters. The molecule has 0 aliphatic carbocycles. The van der Waals surface area contributed by atoms with Crippen molar-refractivity contribution in [2.24, 2.45) is 11.8 Å². The molecule has 3 heteroatoms. The summed E-state index contributed by atoms with van der Waals surface area (Å²) in [6, 6.07) is 22.6. The summed E-state index contributed by atoms with van der Waals surface area (Å²) >= 11 is 3.68. The summed E-state index contributed by atoms with van der Waals surface area (Å²) in [5.41, 5.74) is 8.59. The lowest BCUT2D eigenvalue weighted by Gasteiger charge is -2.31. The number of allylic oxidation sites excluding steroid dienone is 5. The smallest absolute Gasteiger partial charge is 0.0457 e. The number of halogens is 1. The molecule has 0 radical (unpaired) electrons. The Morgan fingerprint density at radius 2 is 1.59 bits per heavy atom. The molecule has 46 heavy (non-hydrogen) atoms. The normalized spacial score (nSPS) is 15.7. The van der Waals surface area contributed by atoms with Crippen molar-refractivity contribution in [2.45, 2.75) is 86.0 Å². The molecule has 0 aromatic heterocycles. The van der Waals surface area contributed by atoms with E-state index in [0.717, 1.165) is 36.0 Å². The summed E-state index contributed by atoms with van der Waals surface area (Å²) in [5, 5.41) is 8.98. The second kappa shape index (κ2) is 13.4. The average Bonchev–Trinajstić information content (AvgIpc) is 3.20. The number of hydrogen-bond acceptors (Lipinski definition) is 2. The Kier molecular flexibility index (Phi) is 9.94. The monoisotopic (exact) mass is 676 g/mol. The summed E-state index contributed by atoms with van der Waals surface area (Å²) in [6.45, 7) is 27.4. The average molecular weight is 678 g/mol. The Balaban J connectivity index is 1.53. The van der Waals surface area contributed by atoms with Gasteiger partial charge in [-0.15, -0.1) is 0 Å². The molecule has 5 rings (SSSR count). The number of nitrogens with one attached hydrogen (secondary N) is 1. The number of fused-ring (bicyclic) bond motifs is 4. The first-order valence-corrected chi connectivity index (χ1v) is 17.9. The second-order valence-corrected chi connectivity index (χ2v) is 16.1. The van der Waals surface area contributed by atoms with Gasteiger partial charge in [0.15, 0.2) is 0 Å². The van der Waals surface area contributed by atoms with Crippen LogP contribution in [0.15, 0.2) is 101 Å². The van der Waals surface area contributed by atoms with Crippen molar-refractivity contribution in [3.63, 3.8) is 0 Å². The van der Waals surface area contributed by atoms with Gasteiger partial charge in [-0.1, -0.05) is 132 Å². The number of aryl methyl sites for hydroxylation is 1. The summed E-state index contributed by atoms with van der Waals surface area (Å²) in [7, 11) is 0. The van der Waals surface area contributed by atoms with Gasteiger partial charge in [0.1, 0.15) is 0 Å². The lowest BCUT2D eigenvalue weighted by atomic mass is 9.75. The third-order valence-corrected chi connectivity index (χ3v) is 10.4. The minimum atomic E-state index is -0.279. The van der Waals surface area contributed by atoms with E-state index >= 15 is 0 Å². The minimum absolute atomic E-state index is 0.137. The lowest BCUT2D eigenvalue weighted by molar-refractivity contribution is 0.570. The van der Waals surface area contributed by atoms with Crippen molar-refractivity contribution < 1.29 is 0 Å². The van der Waals surface area contributed by atoms with Gasteiger partial charge in [-0.3, -0.25) is 0 Å². The van der Waals surface area contributed by atoms with Gasteiger partial charge >= 0.3 is 0 Å². The highest BCUT2D eigenvalue weighted by atomic mass is 79.9. The molecule has 0 spiro atoms. The SMILES string of the molecule is C=C(/C=C/C=C1/N(CCC(C)C)c2ccc3cc(Br)ccc3c2C1(C)C)C(C)(C)c1c(NCCC(C)C)ccc2cc(C)ccc12. The third-order valence-electron chi connectivity index (χ3n) is 9.93. The fourth-order valence-corrected chi connectivity index (χ4v) is 7.46. The molecular weight excluding hydrogens is 624 g/mol. The zero-order valence-electron chi connectivity index (χ0n) is 29.5. The second-order valence-electron chi connectivity index (χ2n) is 15.2. The third kappa shape index (κ3) is 6.72. The van der Waals surface area contributed by atoms with Crippen molar-refractivity contribution in [1.29, 1.82) is 0 Å². The molecule has 4 aromatic carbocycles. The molecule has 0 saturated carbocycles. The van der Waals surface area contributed by atoms with Gasteiger partial charge in [0, 0.05) is 45.5 Å². The van der Waals surface area contributed by atoms with E-state index in [1.54, 1.807) is 0 Å². The highest BCUT2D eigenvalue weighted by Crippen LogP contribution is 2.51. The van der Waals surface area contributed by atoms with Crippen molar-refractivity contribution in [3.05, 3.63) is 118 Å². The van der Waals surface area contributed by atoms with Crippen LogP contribution in [-0.2, 0) is 10.8 Å². The summed E-state index contributed by atoms with van der Waals surface area (Å²) < 4.78 is 1.12. The maximum Gasteiger partial charge on any atom is 0.0457 e. The van der Waals surface area contributed by atoms with E-state index < -0.39 is 0 Å². The van der Waals surface area contributed by atoms with E-state index in [-0.39, 0.29) is 10.8 Å². The maximum absolute atomic E-state index is 4.68. The molecule has 1 N–H and O–H groups in total. The van der Waals surface area contributed by atoms with Crippen LogP contribution in [0, 0.1) is 18.8 Å². The largest absolute Gasteiger partial charge is 0.385 e. The minimum Gasteiger partial charge on any atom is -0.385 e. The van der Waals surface area contributed by atoms with Crippen molar-refractivity contribution in [3.8, 4) is 0 Å². The van der Waals surface area contributed by atoms with Crippen LogP contribution in [-0.4, -0.2) is 13.1 Å². The summed E-state index contributed by atoms with van der Waals surface area (Å²) in [5.74, 6) is 1.29. The fourth-order valence-electron chi connectivity index (χ4n) is 7.08. The molecule has 0 amide bonds. The number of anilines is 2. The van der Waals surface area contributed by atoms with E-state index in [0.29, 0.717) is 11.8 Å².